The maximum Gasteiger partial charge on any atom is 0.408 e. The number of hydrogen-bond donors (Lipinski definition) is 0. The first-order valence-corrected chi connectivity index (χ1v) is 4.82. The average Bonchev–Trinajstić information content (AvgIpc) is 2.61. The van der Waals surface area contributed by atoms with Crippen molar-refractivity contribution in [3.63, 3.8) is 0 Å². The van der Waals surface area contributed by atoms with Gasteiger partial charge in [-0.2, -0.15) is 4.68 Å². The van der Waals surface area contributed by atoms with Crippen LogP contribution in [0.5, 0.6) is 0 Å². The second-order valence-corrected chi connectivity index (χ2v) is 3.48. The fraction of sp³-hybridized carbons (Fsp3) is 0.111. The van der Waals surface area contributed by atoms with Gasteiger partial charge < -0.3 is 10.1 Å². The van der Waals surface area contributed by atoms with Gasteiger partial charge in [-0.3, -0.25) is 4.98 Å². The summed E-state index contributed by atoms with van der Waals surface area (Å²) in [5.41, 5.74) is 0.761. The summed E-state index contributed by atoms with van der Waals surface area (Å²) in [4.78, 5) is 14.0. The lowest BCUT2D eigenvalue weighted by molar-refractivity contribution is -0.389. The van der Waals surface area contributed by atoms with Crippen LogP contribution in [0.25, 0.3) is 0 Å². The van der Waals surface area contributed by atoms with Gasteiger partial charge in [-0.15, -0.1) is 0 Å². The second-order valence-electron chi connectivity index (χ2n) is 3.08. The third-order valence-electron chi connectivity index (χ3n) is 1.92. The quantitative estimate of drug-likeness (QED) is 0.605. The standard InChI is InChI=1S/C9H7ClN4O2/c10-8-6-13(12-9(8)14(15)16)5-7-3-1-2-4-11-7/h1-4,6H,5H2. The maximum absolute atomic E-state index is 10.5. The van der Waals surface area contributed by atoms with E-state index in [0.717, 1.165) is 5.69 Å². The van der Waals surface area contributed by atoms with Crippen LogP contribution in [0.15, 0.2) is 30.6 Å². The summed E-state index contributed by atoms with van der Waals surface area (Å²) < 4.78 is 1.39. The van der Waals surface area contributed by atoms with Crippen LogP contribution >= 0.6 is 11.6 Å². The highest BCUT2D eigenvalue weighted by molar-refractivity contribution is 6.32. The predicted octanol–water partition coefficient (Wildman–Crippen LogP) is 1.89. The van der Waals surface area contributed by atoms with Crippen LogP contribution in [0.1, 0.15) is 5.69 Å². The van der Waals surface area contributed by atoms with Crippen molar-refractivity contribution in [3.8, 4) is 0 Å². The van der Waals surface area contributed by atoms with Gasteiger partial charge in [0.2, 0.25) is 0 Å². The molecule has 0 fully saturated rings. The minimum Gasteiger partial charge on any atom is -0.358 e. The molecule has 0 unspecified atom stereocenters. The first kappa shape index (κ1) is 10.6. The molecule has 0 radical (unpaired) electrons. The predicted molar refractivity (Wildman–Crippen MR) is 57.2 cm³/mol. The number of halogens is 1. The summed E-state index contributed by atoms with van der Waals surface area (Å²) in [6, 6.07) is 5.44. The Hall–Kier alpha value is -1.95. The minimum atomic E-state index is -0.614. The topological polar surface area (TPSA) is 73.8 Å². The monoisotopic (exact) mass is 238 g/mol. The average molecular weight is 239 g/mol. The van der Waals surface area contributed by atoms with Crippen LogP contribution in [0, 0.1) is 10.1 Å². The summed E-state index contributed by atoms with van der Waals surface area (Å²) in [5.74, 6) is -0.336. The van der Waals surface area contributed by atoms with Crippen LogP contribution in [0.2, 0.25) is 5.02 Å². The third-order valence-corrected chi connectivity index (χ3v) is 2.19. The maximum atomic E-state index is 10.5. The summed E-state index contributed by atoms with van der Waals surface area (Å²) >= 11 is 5.66. The number of pyridine rings is 1. The Kier molecular flexibility index (Phi) is 2.82. The van der Waals surface area contributed by atoms with Gasteiger partial charge in [0.05, 0.1) is 17.0 Å². The van der Waals surface area contributed by atoms with E-state index in [-0.39, 0.29) is 10.8 Å². The smallest absolute Gasteiger partial charge is 0.358 e. The van der Waals surface area contributed by atoms with E-state index in [9.17, 15) is 10.1 Å². The zero-order valence-electron chi connectivity index (χ0n) is 8.08. The van der Waals surface area contributed by atoms with Crippen LogP contribution < -0.4 is 0 Å². The molecule has 2 aromatic rings. The molecule has 0 atom stereocenters. The Bertz CT molecular complexity index is 511. The van der Waals surface area contributed by atoms with Gasteiger partial charge in [-0.25, -0.2) is 0 Å². The Balaban J connectivity index is 2.23. The summed E-state index contributed by atoms with van der Waals surface area (Å²) in [6.07, 6.45) is 3.06. The van der Waals surface area contributed by atoms with E-state index >= 15 is 0 Å². The highest BCUT2D eigenvalue weighted by Gasteiger charge is 2.18. The Morgan fingerprint density at radius 1 is 1.50 bits per heavy atom. The Morgan fingerprint density at radius 3 is 2.88 bits per heavy atom. The van der Waals surface area contributed by atoms with E-state index < -0.39 is 4.92 Å². The van der Waals surface area contributed by atoms with Crippen molar-refractivity contribution in [2.24, 2.45) is 0 Å². The number of hydrogen-bond acceptors (Lipinski definition) is 4. The molecule has 0 aliphatic heterocycles. The second kappa shape index (κ2) is 4.28. The van der Waals surface area contributed by atoms with E-state index in [1.54, 1.807) is 18.3 Å². The lowest BCUT2D eigenvalue weighted by Crippen LogP contribution is -2.02. The van der Waals surface area contributed by atoms with Crippen molar-refractivity contribution < 1.29 is 4.92 Å². The van der Waals surface area contributed by atoms with Crippen molar-refractivity contribution in [2.45, 2.75) is 6.54 Å². The van der Waals surface area contributed by atoms with E-state index in [1.807, 2.05) is 6.07 Å². The highest BCUT2D eigenvalue weighted by Crippen LogP contribution is 2.21. The first-order valence-electron chi connectivity index (χ1n) is 4.44. The largest absolute Gasteiger partial charge is 0.408 e. The number of nitro groups is 1. The SMILES string of the molecule is O=[N+]([O-])c1nn(Cc2ccccn2)cc1Cl. The molecule has 0 saturated heterocycles. The van der Waals surface area contributed by atoms with Gasteiger partial charge in [-0.05, 0) is 17.1 Å². The molecule has 2 aromatic heterocycles. The molecule has 0 saturated carbocycles. The lowest BCUT2D eigenvalue weighted by atomic mass is 10.3. The fourth-order valence-corrected chi connectivity index (χ4v) is 1.47. The molecule has 0 N–H and O–H groups in total. The zero-order valence-corrected chi connectivity index (χ0v) is 8.83. The molecule has 0 aliphatic carbocycles. The van der Waals surface area contributed by atoms with Crippen LogP contribution in [-0.2, 0) is 6.54 Å². The van der Waals surface area contributed by atoms with Crippen LogP contribution in [0.3, 0.4) is 0 Å². The minimum absolute atomic E-state index is 0.0286. The Morgan fingerprint density at radius 2 is 2.31 bits per heavy atom. The molecule has 16 heavy (non-hydrogen) atoms. The van der Waals surface area contributed by atoms with Crippen molar-refractivity contribution >= 4 is 17.4 Å². The molecule has 0 aromatic carbocycles. The van der Waals surface area contributed by atoms with Crippen LogP contribution in [0.4, 0.5) is 5.82 Å². The molecule has 0 spiro atoms. The first-order chi connectivity index (χ1) is 7.66. The molecule has 6 nitrogen and oxygen atoms in total. The summed E-state index contributed by atoms with van der Waals surface area (Å²) in [7, 11) is 0. The normalized spacial score (nSPS) is 10.3. The van der Waals surface area contributed by atoms with Crippen LogP contribution in [-0.4, -0.2) is 19.7 Å². The zero-order chi connectivity index (χ0) is 11.5. The number of rotatable bonds is 3. The van der Waals surface area contributed by atoms with Gasteiger partial charge in [0.25, 0.3) is 0 Å². The number of nitrogens with zero attached hydrogens (tertiary/aromatic N) is 4. The van der Waals surface area contributed by atoms with Gasteiger partial charge in [0, 0.05) is 6.20 Å². The van der Waals surface area contributed by atoms with Gasteiger partial charge >= 0.3 is 5.82 Å². The fourth-order valence-electron chi connectivity index (χ4n) is 1.25. The van der Waals surface area contributed by atoms with Crippen molar-refractivity contribution in [1.82, 2.24) is 14.8 Å². The summed E-state index contributed by atoms with van der Waals surface area (Å²) in [5, 5.41) is 14.3. The molecule has 2 rings (SSSR count). The van der Waals surface area contributed by atoms with Crippen molar-refractivity contribution in [1.29, 1.82) is 0 Å². The third kappa shape index (κ3) is 2.17. The lowest BCUT2D eigenvalue weighted by Gasteiger charge is -1.95. The van der Waals surface area contributed by atoms with E-state index in [0.29, 0.717) is 6.54 Å². The Labute approximate surface area is 95.6 Å². The molecule has 0 bridgehead atoms. The molecule has 7 heteroatoms. The summed E-state index contributed by atoms with van der Waals surface area (Å²) in [6.45, 7) is 0.356. The van der Waals surface area contributed by atoms with Crippen molar-refractivity contribution in [2.75, 3.05) is 0 Å². The van der Waals surface area contributed by atoms with Gasteiger partial charge in [0.1, 0.15) is 6.54 Å². The van der Waals surface area contributed by atoms with Crippen molar-refractivity contribution in [3.05, 3.63) is 51.4 Å². The molecular weight excluding hydrogens is 232 g/mol. The molecule has 2 heterocycles. The molecule has 0 amide bonds. The molecular formula is C9H7ClN4O2. The molecule has 82 valence electrons. The number of aromatic nitrogens is 3. The van der Waals surface area contributed by atoms with Gasteiger partial charge in [0.15, 0.2) is 5.02 Å². The molecule has 0 aliphatic rings. The highest BCUT2D eigenvalue weighted by atomic mass is 35.5. The van der Waals surface area contributed by atoms with E-state index in [4.69, 9.17) is 11.6 Å². The van der Waals surface area contributed by atoms with E-state index in [1.165, 1.54) is 10.9 Å². The van der Waals surface area contributed by atoms with E-state index in [2.05, 4.69) is 10.1 Å². The van der Waals surface area contributed by atoms with Gasteiger partial charge in [-0.1, -0.05) is 17.7 Å².